The number of nitrogens with one attached hydrogen (secondary N) is 1. The molecule has 6 N–H and O–H groups in total. The molecule has 2 atom stereocenters. The fraction of sp³-hybridized carbons (Fsp3) is 0.379. The maximum absolute atomic E-state index is 13.7. The monoisotopic (exact) mass is 572 g/mol. The molecule has 9 nitrogen and oxygen atoms in total. The second kappa shape index (κ2) is 14.2. The highest BCUT2D eigenvalue weighted by molar-refractivity contribution is 7.89. The fourth-order valence-electron chi connectivity index (χ4n) is 4.53. The fourth-order valence-corrected chi connectivity index (χ4v) is 6.30. The van der Waals surface area contributed by atoms with Crippen molar-refractivity contribution < 1.29 is 27.5 Å². The van der Waals surface area contributed by atoms with Crippen molar-refractivity contribution in [2.75, 3.05) is 25.4 Å². The Morgan fingerprint density at radius 2 is 1.80 bits per heavy atom. The Morgan fingerprint density at radius 3 is 2.50 bits per heavy atom. The summed E-state index contributed by atoms with van der Waals surface area (Å²) in [4.78, 5) is 23.9. The third-order valence-electron chi connectivity index (χ3n) is 6.92. The molecule has 0 aliphatic rings. The molecule has 0 bridgehead atoms. The summed E-state index contributed by atoms with van der Waals surface area (Å²) in [5.41, 5.74) is 11.7. The Bertz CT molecular complexity index is 1430. The maximum atomic E-state index is 13.7. The van der Waals surface area contributed by atoms with Crippen molar-refractivity contribution in [3.05, 3.63) is 72.0 Å². The molecule has 3 rings (SSSR count). The molecule has 0 aliphatic carbocycles. The van der Waals surface area contributed by atoms with Crippen LogP contribution in [0.1, 0.15) is 38.2 Å². The third kappa shape index (κ3) is 8.00. The number of nitrogen functional groups attached to an aromatic ring is 1. The molecule has 3 aromatic carbocycles. The van der Waals surface area contributed by atoms with Crippen molar-refractivity contribution in [1.29, 1.82) is 0 Å². The first-order valence-corrected chi connectivity index (χ1v) is 14.7. The van der Waals surface area contributed by atoms with E-state index in [-0.39, 0.29) is 29.5 Å². The van der Waals surface area contributed by atoms with Gasteiger partial charge >= 0.3 is 0 Å². The predicted molar refractivity (Wildman–Crippen MR) is 153 cm³/mol. The van der Waals surface area contributed by atoms with E-state index in [0.29, 0.717) is 32.2 Å². The number of rotatable bonds is 15. The van der Waals surface area contributed by atoms with Crippen molar-refractivity contribution in [2.24, 2.45) is 11.7 Å². The lowest BCUT2D eigenvalue weighted by atomic mass is 10.0. The zero-order valence-electron chi connectivity index (χ0n) is 22.6. The summed E-state index contributed by atoms with van der Waals surface area (Å²) < 4.78 is 41.5. The minimum absolute atomic E-state index is 0.0833. The van der Waals surface area contributed by atoms with Crippen molar-refractivity contribution in [2.45, 2.75) is 50.0 Å². The average molecular weight is 573 g/mol. The number of halogens is 1. The van der Waals surface area contributed by atoms with Crippen LogP contribution < -0.4 is 16.8 Å². The Morgan fingerprint density at radius 1 is 1.07 bits per heavy atom. The average Bonchev–Trinajstić information content (AvgIpc) is 2.93. The Balaban J connectivity index is 1.56. The Kier molecular flexibility index (Phi) is 11.0. The standard InChI is InChI=1S/C29H37FN4O5S/c1-20(29(32)37)18-34(40(38,39)24-13-14-26(30)27(31)17-24)23(19-35)10-4-5-16-33-28(36)15-12-22-9-6-8-21-7-2-3-11-25(21)22/h2-3,6-9,11,13-14,17,20,23,35H,4-5,10,12,15-16,18-19,31H2,1H3,(H2,32,37)(H,33,36). The van der Waals surface area contributed by atoms with E-state index in [1.807, 2.05) is 42.5 Å². The minimum Gasteiger partial charge on any atom is -0.396 e. The van der Waals surface area contributed by atoms with Gasteiger partial charge in [0.2, 0.25) is 21.8 Å². The van der Waals surface area contributed by atoms with Gasteiger partial charge in [-0.2, -0.15) is 4.31 Å². The number of aliphatic hydroxyl groups is 1. The van der Waals surface area contributed by atoms with Gasteiger partial charge in [-0.3, -0.25) is 9.59 Å². The lowest BCUT2D eigenvalue weighted by Crippen LogP contribution is -2.46. The smallest absolute Gasteiger partial charge is 0.243 e. The van der Waals surface area contributed by atoms with E-state index in [2.05, 4.69) is 5.32 Å². The normalized spacial score (nSPS) is 13.3. The van der Waals surface area contributed by atoms with Crippen LogP contribution >= 0.6 is 0 Å². The van der Waals surface area contributed by atoms with Crippen LogP contribution in [0.25, 0.3) is 10.8 Å². The van der Waals surface area contributed by atoms with E-state index in [4.69, 9.17) is 11.5 Å². The first-order chi connectivity index (χ1) is 19.0. The van der Waals surface area contributed by atoms with E-state index in [1.165, 1.54) is 6.92 Å². The molecule has 0 saturated carbocycles. The quantitative estimate of drug-likeness (QED) is 0.162. The van der Waals surface area contributed by atoms with E-state index in [9.17, 15) is 27.5 Å². The molecule has 2 amide bonds. The van der Waals surface area contributed by atoms with E-state index < -0.39 is 40.3 Å². The van der Waals surface area contributed by atoms with E-state index >= 15 is 0 Å². The van der Waals surface area contributed by atoms with Crippen LogP contribution in [0, 0.1) is 11.7 Å². The number of fused-ring (bicyclic) bond motifs is 1. The molecule has 0 aliphatic heterocycles. The van der Waals surface area contributed by atoms with Gasteiger partial charge in [-0.1, -0.05) is 55.8 Å². The van der Waals surface area contributed by atoms with Gasteiger partial charge in [0.05, 0.1) is 17.2 Å². The molecular weight excluding hydrogens is 535 g/mol. The minimum atomic E-state index is -4.24. The van der Waals surface area contributed by atoms with E-state index in [0.717, 1.165) is 38.8 Å². The molecule has 2 unspecified atom stereocenters. The number of hydrogen-bond acceptors (Lipinski definition) is 6. The van der Waals surface area contributed by atoms with Gasteiger partial charge < -0.3 is 21.9 Å². The number of primary amides is 1. The van der Waals surface area contributed by atoms with Crippen LogP contribution in [0.3, 0.4) is 0 Å². The first-order valence-electron chi connectivity index (χ1n) is 13.2. The van der Waals surface area contributed by atoms with Crippen molar-refractivity contribution in [3.8, 4) is 0 Å². The number of nitrogens with zero attached hydrogens (tertiary/aromatic N) is 1. The lowest BCUT2D eigenvalue weighted by Gasteiger charge is -2.31. The van der Waals surface area contributed by atoms with Crippen LogP contribution in [0.15, 0.2) is 65.6 Å². The van der Waals surface area contributed by atoms with Gasteiger partial charge in [0.25, 0.3) is 0 Å². The zero-order chi connectivity index (χ0) is 29.3. The molecule has 0 spiro atoms. The molecule has 0 fully saturated rings. The second-order valence-corrected chi connectivity index (χ2v) is 11.8. The van der Waals surface area contributed by atoms with Gasteiger partial charge in [0, 0.05) is 31.5 Å². The van der Waals surface area contributed by atoms with Crippen molar-refractivity contribution >= 4 is 38.3 Å². The predicted octanol–water partition coefficient (Wildman–Crippen LogP) is 2.95. The highest BCUT2D eigenvalue weighted by atomic mass is 32.2. The number of aliphatic hydroxyl groups excluding tert-OH is 1. The number of amides is 2. The van der Waals surface area contributed by atoms with Gasteiger partial charge in [-0.15, -0.1) is 0 Å². The van der Waals surface area contributed by atoms with Gasteiger partial charge in [-0.25, -0.2) is 12.8 Å². The molecule has 40 heavy (non-hydrogen) atoms. The molecule has 0 radical (unpaired) electrons. The summed E-state index contributed by atoms with van der Waals surface area (Å²) in [6.45, 7) is 1.13. The van der Waals surface area contributed by atoms with Crippen molar-refractivity contribution in [1.82, 2.24) is 9.62 Å². The zero-order valence-corrected chi connectivity index (χ0v) is 23.4. The van der Waals surface area contributed by atoms with E-state index in [1.54, 1.807) is 0 Å². The van der Waals surface area contributed by atoms with Crippen LogP contribution in [0.5, 0.6) is 0 Å². The van der Waals surface area contributed by atoms with Crippen LogP contribution in [-0.2, 0) is 26.0 Å². The molecule has 0 heterocycles. The summed E-state index contributed by atoms with van der Waals surface area (Å²) in [6.07, 6.45) is 2.27. The van der Waals surface area contributed by atoms with Gasteiger partial charge in [0.15, 0.2) is 0 Å². The first kappa shape index (κ1) is 31.0. The summed E-state index contributed by atoms with van der Waals surface area (Å²) in [6, 6.07) is 16.3. The molecule has 0 saturated heterocycles. The van der Waals surface area contributed by atoms with Gasteiger partial charge in [0.1, 0.15) is 5.82 Å². The molecular formula is C29H37FN4O5S. The molecule has 3 aromatic rings. The number of carbonyl (C=O) groups excluding carboxylic acids is 2. The summed E-state index contributed by atoms with van der Waals surface area (Å²) in [7, 11) is -4.24. The van der Waals surface area contributed by atoms with Crippen LogP contribution in [0.2, 0.25) is 0 Å². The number of unbranched alkanes of at least 4 members (excludes halogenated alkanes) is 1. The largest absolute Gasteiger partial charge is 0.396 e. The lowest BCUT2D eigenvalue weighted by molar-refractivity contribution is -0.122. The number of nitrogens with two attached hydrogens (primary N) is 2. The number of carbonyl (C=O) groups is 2. The molecule has 0 aromatic heterocycles. The maximum Gasteiger partial charge on any atom is 0.243 e. The summed E-state index contributed by atoms with van der Waals surface area (Å²) in [5, 5.41) is 15.2. The van der Waals surface area contributed by atoms with Crippen molar-refractivity contribution in [3.63, 3.8) is 0 Å². The topological polar surface area (TPSA) is 156 Å². The number of hydrogen-bond donors (Lipinski definition) is 4. The molecule has 216 valence electrons. The van der Waals surface area contributed by atoms with Crippen LogP contribution in [0.4, 0.5) is 10.1 Å². The second-order valence-electron chi connectivity index (χ2n) is 9.88. The number of anilines is 1. The highest BCUT2D eigenvalue weighted by Gasteiger charge is 2.33. The summed E-state index contributed by atoms with van der Waals surface area (Å²) in [5.74, 6) is -2.36. The van der Waals surface area contributed by atoms with Crippen LogP contribution in [-0.4, -0.2) is 55.4 Å². The number of sulfonamides is 1. The third-order valence-corrected chi connectivity index (χ3v) is 8.83. The highest BCUT2D eigenvalue weighted by Crippen LogP contribution is 2.25. The SMILES string of the molecule is CC(CN(C(CO)CCCCNC(=O)CCc1cccc2ccccc12)S(=O)(=O)c1ccc(F)c(N)c1)C(N)=O. The summed E-state index contributed by atoms with van der Waals surface area (Å²) >= 11 is 0. The Hall–Kier alpha value is -3.54. The Labute approximate surface area is 234 Å². The number of aryl methyl sites for hydroxylation is 1. The molecule has 11 heteroatoms. The van der Waals surface area contributed by atoms with Gasteiger partial charge in [-0.05, 0) is 53.8 Å². The number of benzene rings is 3.